The third-order valence-corrected chi connectivity index (χ3v) is 6.77. The molecular formula is C25H20BrN5OS. The van der Waals surface area contributed by atoms with E-state index in [9.17, 15) is 4.79 Å². The van der Waals surface area contributed by atoms with Gasteiger partial charge in [-0.05, 0) is 38.1 Å². The fourth-order valence-corrected chi connectivity index (χ4v) is 5.12. The van der Waals surface area contributed by atoms with Crippen molar-refractivity contribution in [1.29, 1.82) is 0 Å². The van der Waals surface area contributed by atoms with Crippen LogP contribution in [0.1, 0.15) is 19.4 Å². The van der Waals surface area contributed by atoms with Crippen LogP contribution >= 0.6 is 27.3 Å². The zero-order chi connectivity index (χ0) is 22.9. The Morgan fingerprint density at radius 1 is 1.00 bits per heavy atom. The van der Waals surface area contributed by atoms with Crippen molar-refractivity contribution in [3.63, 3.8) is 0 Å². The Morgan fingerprint density at radius 3 is 2.48 bits per heavy atom. The number of amides is 1. The van der Waals surface area contributed by atoms with Crippen molar-refractivity contribution in [3.8, 4) is 11.3 Å². The molecule has 0 saturated heterocycles. The standard InChI is InChI=1S/C25H20BrN5OS/c1-16(2)30-21-12-6-4-10-19(21)23(24(30)32)29-31-22(18-9-3-5-11-20(18)26)15-33-25(31)28-17-8-7-13-27-14-17/h3-16H,1-2H3. The number of carbonyl (C=O) groups excluding carboxylic acids is 1. The summed E-state index contributed by atoms with van der Waals surface area (Å²) >= 11 is 5.11. The maximum absolute atomic E-state index is 13.4. The minimum absolute atomic E-state index is 0.0149. The normalized spacial score (nSPS) is 15.0. The highest BCUT2D eigenvalue weighted by molar-refractivity contribution is 9.10. The van der Waals surface area contributed by atoms with E-state index in [1.54, 1.807) is 22.0 Å². The largest absolute Gasteiger partial charge is 0.304 e. The van der Waals surface area contributed by atoms with Gasteiger partial charge in [-0.1, -0.05) is 52.3 Å². The second-order valence-electron chi connectivity index (χ2n) is 7.75. The second kappa shape index (κ2) is 8.88. The predicted octanol–water partition coefficient (Wildman–Crippen LogP) is 5.61. The molecule has 2 aromatic heterocycles. The van der Waals surface area contributed by atoms with Gasteiger partial charge in [0.2, 0.25) is 4.80 Å². The number of benzene rings is 2. The molecule has 0 aliphatic carbocycles. The van der Waals surface area contributed by atoms with E-state index in [2.05, 4.69) is 20.9 Å². The summed E-state index contributed by atoms with van der Waals surface area (Å²) in [6, 6.07) is 19.5. The quantitative estimate of drug-likeness (QED) is 0.353. The lowest BCUT2D eigenvalue weighted by Gasteiger charge is -2.20. The summed E-state index contributed by atoms with van der Waals surface area (Å²) in [7, 11) is 0. The van der Waals surface area contributed by atoms with E-state index in [0.717, 1.165) is 27.0 Å². The van der Waals surface area contributed by atoms with Crippen LogP contribution in [0.15, 0.2) is 93.0 Å². The van der Waals surface area contributed by atoms with Crippen molar-refractivity contribution >= 4 is 50.3 Å². The van der Waals surface area contributed by atoms with Gasteiger partial charge in [0.1, 0.15) is 0 Å². The molecule has 1 amide bonds. The smallest absolute Gasteiger partial charge is 0.279 e. The van der Waals surface area contributed by atoms with E-state index in [-0.39, 0.29) is 11.9 Å². The highest BCUT2D eigenvalue weighted by atomic mass is 79.9. The van der Waals surface area contributed by atoms with Crippen molar-refractivity contribution in [2.24, 2.45) is 10.1 Å². The van der Waals surface area contributed by atoms with Crippen LogP contribution in [0.2, 0.25) is 0 Å². The van der Waals surface area contributed by atoms with Crippen LogP contribution in [0, 0.1) is 0 Å². The van der Waals surface area contributed by atoms with Gasteiger partial charge in [-0.25, -0.2) is 9.67 Å². The topological polar surface area (TPSA) is 62.9 Å². The van der Waals surface area contributed by atoms with Crippen LogP contribution in [0.5, 0.6) is 0 Å². The molecule has 0 unspecified atom stereocenters. The lowest BCUT2D eigenvalue weighted by Crippen LogP contribution is -2.36. The van der Waals surface area contributed by atoms with Crippen LogP contribution in [0.3, 0.4) is 0 Å². The SMILES string of the molecule is CC(C)N1C(=O)C(=Nn2c(-c3ccccc3Br)csc2=Nc2cccnc2)c2ccccc21. The van der Waals surface area contributed by atoms with Gasteiger partial charge in [0.25, 0.3) is 5.91 Å². The van der Waals surface area contributed by atoms with Crippen LogP contribution in [0.4, 0.5) is 11.4 Å². The van der Waals surface area contributed by atoms with E-state index in [1.807, 2.05) is 79.9 Å². The first-order valence-electron chi connectivity index (χ1n) is 10.5. The second-order valence-corrected chi connectivity index (χ2v) is 9.44. The zero-order valence-electron chi connectivity index (χ0n) is 18.0. The maximum atomic E-state index is 13.4. The minimum atomic E-state index is -0.115. The molecule has 0 spiro atoms. The maximum Gasteiger partial charge on any atom is 0.279 e. The van der Waals surface area contributed by atoms with Crippen molar-refractivity contribution in [2.45, 2.75) is 19.9 Å². The number of halogens is 1. The molecule has 0 bridgehead atoms. The molecule has 2 aromatic carbocycles. The number of pyridine rings is 1. The molecule has 4 aromatic rings. The van der Waals surface area contributed by atoms with Crippen LogP contribution in [-0.2, 0) is 4.79 Å². The number of rotatable bonds is 4. The Balaban J connectivity index is 1.76. The highest BCUT2D eigenvalue weighted by Crippen LogP contribution is 2.32. The number of carbonyl (C=O) groups is 1. The van der Waals surface area contributed by atoms with E-state index >= 15 is 0 Å². The third-order valence-electron chi connectivity index (χ3n) is 5.26. The van der Waals surface area contributed by atoms with Gasteiger partial charge in [-0.3, -0.25) is 9.78 Å². The lowest BCUT2D eigenvalue weighted by molar-refractivity contribution is -0.112. The number of thiazole rings is 1. The van der Waals surface area contributed by atoms with Gasteiger partial charge < -0.3 is 4.90 Å². The average Bonchev–Trinajstić information content (AvgIpc) is 3.33. The van der Waals surface area contributed by atoms with Crippen molar-refractivity contribution in [2.75, 3.05) is 4.90 Å². The summed E-state index contributed by atoms with van der Waals surface area (Å²) in [4.78, 5) is 24.8. The van der Waals surface area contributed by atoms with Crippen LogP contribution in [-0.4, -0.2) is 27.3 Å². The lowest BCUT2D eigenvalue weighted by atomic mass is 10.1. The van der Waals surface area contributed by atoms with Crippen molar-refractivity contribution in [3.05, 3.63) is 93.3 Å². The summed E-state index contributed by atoms with van der Waals surface area (Å²) in [6.45, 7) is 4.01. The van der Waals surface area contributed by atoms with Gasteiger partial charge in [-0.15, -0.1) is 11.3 Å². The summed E-state index contributed by atoms with van der Waals surface area (Å²) in [6.07, 6.45) is 3.41. The molecular weight excluding hydrogens is 498 g/mol. The molecule has 0 atom stereocenters. The molecule has 5 rings (SSSR count). The van der Waals surface area contributed by atoms with Crippen molar-refractivity contribution in [1.82, 2.24) is 9.66 Å². The van der Waals surface area contributed by atoms with E-state index in [0.29, 0.717) is 16.2 Å². The molecule has 0 saturated carbocycles. The molecule has 1 aliphatic heterocycles. The molecule has 1 aliphatic rings. The van der Waals surface area contributed by atoms with Crippen molar-refractivity contribution < 1.29 is 4.79 Å². The molecule has 0 N–H and O–H groups in total. The number of para-hydroxylation sites is 1. The first kappa shape index (κ1) is 21.5. The molecule has 33 heavy (non-hydrogen) atoms. The zero-order valence-corrected chi connectivity index (χ0v) is 20.4. The van der Waals surface area contributed by atoms with Gasteiger partial charge in [-0.2, -0.15) is 5.10 Å². The van der Waals surface area contributed by atoms with E-state index in [1.165, 1.54) is 11.3 Å². The number of anilines is 1. The van der Waals surface area contributed by atoms with Gasteiger partial charge >= 0.3 is 0 Å². The number of fused-ring (bicyclic) bond motifs is 1. The molecule has 3 heterocycles. The minimum Gasteiger partial charge on any atom is -0.304 e. The Labute approximate surface area is 203 Å². The van der Waals surface area contributed by atoms with Gasteiger partial charge in [0, 0.05) is 33.2 Å². The Kier molecular flexibility index (Phi) is 5.78. The molecule has 0 radical (unpaired) electrons. The fraction of sp³-hybridized carbons (Fsp3) is 0.120. The monoisotopic (exact) mass is 517 g/mol. The molecule has 0 fully saturated rings. The first-order chi connectivity index (χ1) is 16.0. The Morgan fingerprint density at radius 2 is 1.76 bits per heavy atom. The Hall–Kier alpha value is -3.36. The molecule has 8 heteroatoms. The Bertz CT molecular complexity index is 1440. The summed E-state index contributed by atoms with van der Waals surface area (Å²) in [5, 5.41) is 6.91. The number of hydrogen-bond acceptors (Lipinski definition) is 5. The fourth-order valence-electron chi connectivity index (χ4n) is 3.79. The first-order valence-corrected chi connectivity index (χ1v) is 12.1. The summed E-state index contributed by atoms with van der Waals surface area (Å²) < 4.78 is 2.69. The van der Waals surface area contributed by atoms with Gasteiger partial charge in [0.05, 0.1) is 23.3 Å². The van der Waals surface area contributed by atoms with Gasteiger partial charge in [0.15, 0.2) is 5.71 Å². The predicted molar refractivity (Wildman–Crippen MR) is 136 cm³/mol. The summed E-state index contributed by atoms with van der Waals surface area (Å²) in [5.41, 5.74) is 4.62. The molecule has 6 nitrogen and oxygen atoms in total. The number of aromatic nitrogens is 2. The van der Waals surface area contributed by atoms with Crippen LogP contribution in [0.25, 0.3) is 11.3 Å². The highest BCUT2D eigenvalue weighted by Gasteiger charge is 2.35. The van der Waals surface area contributed by atoms with Crippen LogP contribution < -0.4 is 9.70 Å². The summed E-state index contributed by atoms with van der Waals surface area (Å²) in [5.74, 6) is -0.115. The number of nitrogens with zero attached hydrogens (tertiary/aromatic N) is 5. The van der Waals surface area contributed by atoms with E-state index < -0.39 is 0 Å². The number of hydrogen-bond donors (Lipinski definition) is 0. The van der Waals surface area contributed by atoms with E-state index in [4.69, 9.17) is 10.1 Å². The molecule has 164 valence electrons. The third kappa shape index (κ3) is 3.96. The average molecular weight is 518 g/mol.